The summed E-state index contributed by atoms with van der Waals surface area (Å²) in [6, 6.07) is 11.4. The molecule has 31 heavy (non-hydrogen) atoms. The van der Waals surface area contributed by atoms with Gasteiger partial charge in [-0.25, -0.2) is 4.39 Å². The van der Waals surface area contributed by atoms with Crippen LogP contribution in [0.2, 0.25) is 0 Å². The Morgan fingerprint density at radius 1 is 0.968 bits per heavy atom. The second-order valence-corrected chi connectivity index (χ2v) is 7.62. The Balaban J connectivity index is 1.42. The molecule has 0 saturated carbocycles. The minimum Gasteiger partial charge on any atom is -0.343 e. The zero-order valence-electron chi connectivity index (χ0n) is 17.8. The molecule has 0 bridgehead atoms. The van der Waals surface area contributed by atoms with Crippen LogP contribution in [0.4, 0.5) is 10.1 Å². The van der Waals surface area contributed by atoms with Crippen LogP contribution in [0.5, 0.6) is 0 Å². The normalized spacial score (nSPS) is 14.2. The summed E-state index contributed by atoms with van der Waals surface area (Å²) < 4.78 is 13.7. The topological polar surface area (TPSA) is 81.8 Å². The van der Waals surface area contributed by atoms with Crippen molar-refractivity contribution in [1.29, 1.82) is 0 Å². The molecule has 1 aliphatic rings. The fourth-order valence-corrected chi connectivity index (χ4v) is 3.44. The number of rotatable bonds is 6. The minimum absolute atomic E-state index is 0.0880. The highest BCUT2D eigenvalue weighted by atomic mass is 19.1. The van der Waals surface area contributed by atoms with Crippen molar-refractivity contribution < 1.29 is 18.8 Å². The summed E-state index contributed by atoms with van der Waals surface area (Å²) in [5, 5.41) is 5.42. The van der Waals surface area contributed by atoms with E-state index >= 15 is 0 Å². The molecular weight excluding hydrogens is 399 g/mol. The van der Waals surface area contributed by atoms with Crippen molar-refractivity contribution >= 4 is 23.4 Å². The van der Waals surface area contributed by atoms with Crippen molar-refractivity contribution in [3.8, 4) is 0 Å². The van der Waals surface area contributed by atoms with Crippen molar-refractivity contribution in [3.63, 3.8) is 0 Å². The van der Waals surface area contributed by atoms with Crippen LogP contribution in [-0.4, -0.2) is 66.8 Å². The van der Waals surface area contributed by atoms with Crippen LogP contribution in [-0.2, 0) is 9.59 Å². The summed E-state index contributed by atoms with van der Waals surface area (Å²) in [5.41, 5.74) is 2.88. The zero-order chi connectivity index (χ0) is 22.4. The fourth-order valence-electron chi connectivity index (χ4n) is 3.44. The van der Waals surface area contributed by atoms with Gasteiger partial charge in [-0.2, -0.15) is 0 Å². The molecule has 2 aromatic carbocycles. The molecule has 0 spiro atoms. The van der Waals surface area contributed by atoms with Crippen LogP contribution in [0.15, 0.2) is 42.5 Å². The van der Waals surface area contributed by atoms with Gasteiger partial charge in [0.05, 0.1) is 18.7 Å². The first-order chi connectivity index (χ1) is 14.8. The third-order valence-corrected chi connectivity index (χ3v) is 5.49. The van der Waals surface area contributed by atoms with E-state index in [1.807, 2.05) is 36.9 Å². The number of hydrogen-bond donors (Lipinski definition) is 2. The highest BCUT2D eigenvalue weighted by Gasteiger charge is 2.23. The molecule has 3 rings (SSSR count). The average Bonchev–Trinajstić information content (AvgIpc) is 2.76. The van der Waals surface area contributed by atoms with Crippen LogP contribution >= 0.6 is 0 Å². The van der Waals surface area contributed by atoms with E-state index in [1.165, 1.54) is 18.2 Å². The number of carbonyl (C=O) groups excluding carboxylic acids is 3. The van der Waals surface area contributed by atoms with Gasteiger partial charge in [0.1, 0.15) is 5.82 Å². The van der Waals surface area contributed by atoms with E-state index < -0.39 is 11.7 Å². The van der Waals surface area contributed by atoms with Crippen molar-refractivity contribution in [2.45, 2.75) is 13.8 Å². The second-order valence-electron chi connectivity index (χ2n) is 7.62. The first-order valence-corrected chi connectivity index (χ1v) is 10.2. The lowest BCUT2D eigenvalue weighted by Gasteiger charge is -2.34. The maximum atomic E-state index is 13.7. The molecule has 1 aliphatic heterocycles. The number of carbonyl (C=O) groups is 3. The molecule has 1 heterocycles. The van der Waals surface area contributed by atoms with Gasteiger partial charge < -0.3 is 15.5 Å². The summed E-state index contributed by atoms with van der Waals surface area (Å²) in [4.78, 5) is 40.4. The van der Waals surface area contributed by atoms with Crippen molar-refractivity contribution in [3.05, 3.63) is 65.0 Å². The molecule has 0 aliphatic carbocycles. The average molecular weight is 426 g/mol. The summed E-state index contributed by atoms with van der Waals surface area (Å²) in [5.74, 6) is -1.57. The predicted molar refractivity (Wildman–Crippen MR) is 116 cm³/mol. The van der Waals surface area contributed by atoms with Gasteiger partial charge in [-0.15, -0.1) is 0 Å². The first-order valence-electron chi connectivity index (χ1n) is 10.2. The molecule has 0 unspecified atom stereocenters. The van der Waals surface area contributed by atoms with Gasteiger partial charge in [0, 0.05) is 31.9 Å². The number of halogens is 1. The molecule has 8 heteroatoms. The number of aryl methyl sites for hydroxylation is 1. The molecule has 164 valence electrons. The van der Waals surface area contributed by atoms with E-state index in [4.69, 9.17) is 0 Å². The molecule has 0 aromatic heterocycles. The van der Waals surface area contributed by atoms with E-state index in [9.17, 15) is 18.8 Å². The predicted octanol–water partition coefficient (Wildman–Crippen LogP) is 1.96. The molecule has 1 saturated heterocycles. The lowest BCUT2D eigenvalue weighted by atomic mass is 10.1. The smallest absolute Gasteiger partial charge is 0.254 e. The highest BCUT2D eigenvalue weighted by molar-refractivity contribution is 5.96. The quantitative estimate of drug-likeness (QED) is 0.740. The fraction of sp³-hybridized carbons (Fsp3) is 0.348. The summed E-state index contributed by atoms with van der Waals surface area (Å²) in [7, 11) is 0. The van der Waals surface area contributed by atoms with Crippen LogP contribution < -0.4 is 10.6 Å². The summed E-state index contributed by atoms with van der Waals surface area (Å²) in [6.45, 7) is 6.08. The zero-order valence-corrected chi connectivity index (χ0v) is 17.8. The van der Waals surface area contributed by atoms with Crippen molar-refractivity contribution in [2.24, 2.45) is 0 Å². The lowest BCUT2D eigenvalue weighted by molar-refractivity contribution is -0.132. The van der Waals surface area contributed by atoms with Gasteiger partial charge in [0.25, 0.3) is 5.91 Å². The second kappa shape index (κ2) is 10.2. The summed E-state index contributed by atoms with van der Waals surface area (Å²) in [6.07, 6.45) is 0. The van der Waals surface area contributed by atoms with E-state index in [0.717, 1.165) is 16.8 Å². The van der Waals surface area contributed by atoms with Gasteiger partial charge in [-0.05, 0) is 43.2 Å². The van der Waals surface area contributed by atoms with E-state index in [1.54, 1.807) is 11.0 Å². The molecule has 0 atom stereocenters. The van der Waals surface area contributed by atoms with Gasteiger partial charge in [0.15, 0.2) is 0 Å². The molecule has 2 N–H and O–H groups in total. The Morgan fingerprint density at radius 3 is 2.39 bits per heavy atom. The monoisotopic (exact) mass is 426 g/mol. The van der Waals surface area contributed by atoms with Crippen LogP contribution in [0.1, 0.15) is 21.5 Å². The van der Waals surface area contributed by atoms with Gasteiger partial charge in [-0.1, -0.05) is 24.3 Å². The molecule has 1 fully saturated rings. The third kappa shape index (κ3) is 5.88. The summed E-state index contributed by atoms with van der Waals surface area (Å²) >= 11 is 0. The Hall–Kier alpha value is -3.26. The van der Waals surface area contributed by atoms with E-state index in [0.29, 0.717) is 26.2 Å². The SMILES string of the molecule is Cc1cccc(NC(=O)CN2CCN(C(=O)CNC(=O)c3ccccc3F)CC2)c1C. The van der Waals surface area contributed by atoms with Crippen LogP contribution in [0, 0.1) is 19.7 Å². The molecular formula is C23H27FN4O3. The maximum absolute atomic E-state index is 13.7. The van der Waals surface area contributed by atoms with Gasteiger partial charge in [0.2, 0.25) is 11.8 Å². The maximum Gasteiger partial charge on any atom is 0.254 e. The highest BCUT2D eigenvalue weighted by Crippen LogP contribution is 2.18. The number of nitrogens with one attached hydrogen (secondary N) is 2. The molecule has 3 amide bonds. The molecule has 7 nitrogen and oxygen atoms in total. The Labute approximate surface area is 181 Å². The Kier molecular flexibility index (Phi) is 7.36. The van der Waals surface area contributed by atoms with Crippen LogP contribution in [0.3, 0.4) is 0 Å². The standard InChI is InChI=1S/C23H27FN4O3/c1-16-6-5-9-20(17(16)2)26-21(29)15-27-10-12-28(13-11-27)22(30)14-25-23(31)18-7-3-4-8-19(18)24/h3-9H,10-15H2,1-2H3,(H,25,31)(H,26,29). The van der Waals surface area contributed by atoms with Gasteiger partial charge in [-0.3, -0.25) is 19.3 Å². The number of amides is 3. The number of hydrogen-bond acceptors (Lipinski definition) is 4. The number of piperazine rings is 1. The first kappa shape index (κ1) is 22.4. The third-order valence-electron chi connectivity index (χ3n) is 5.49. The van der Waals surface area contributed by atoms with E-state index in [-0.39, 0.29) is 30.5 Å². The van der Waals surface area contributed by atoms with Crippen molar-refractivity contribution in [1.82, 2.24) is 15.1 Å². The van der Waals surface area contributed by atoms with Crippen LogP contribution in [0.25, 0.3) is 0 Å². The lowest BCUT2D eigenvalue weighted by Crippen LogP contribution is -2.52. The van der Waals surface area contributed by atoms with Crippen molar-refractivity contribution in [2.75, 3.05) is 44.6 Å². The number of nitrogens with zero attached hydrogens (tertiary/aromatic N) is 2. The number of anilines is 1. The molecule has 0 radical (unpaired) electrons. The number of benzene rings is 2. The Morgan fingerprint density at radius 2 is 1.68 bits per heavy atom. The van der Waals surface area contributed by atoms with Gasteiger partial charge >= 0.3 is 0 Å². The minimum atomic E-state index is -0.625. The van der Waals surface area contributed by atoms with E-state index in [2.05, 4.69) is 10.6 Å². The Bertz CT molecular complexity index is 971. The molecule has 2 aromatic rings. The largest absolute Gasteiger partial charge is 0.343 e.